The summed E-state index contributed by atoms with van der Waals surface area (Å²) in [6, 6.07) is 10.1. The van der Waals surface area contributed by atoms with E-state index in [4.69, 9.17) is 0 Å². The molecule has 0 bridgehead atoms. The Hall–Kier alpha value is -0.730. The second-order valence-electron chi connectivity index (χ2n) is 8.38. The van der Waals surface area contributed by atoms with Gasteiger partial charge in [0.15, 0.2) is 0 Å². The van der Waals surface area contributed by atoms with E-state index in [1.807, 2.05) is 11.8 Å². The van der Waals surface area contributed by atoms with Crippen molar-refractivity contribution in [3.05, 3.63) is 35.4 Å². The molecule has 25 heavy (non-hydrogen) atoms. The zero-order valence-corrected chi connectivity index (χ0v) is 17.4. The Bertz CT molecular complexity index is 577. The quantitative estimate of drug-likeness (QED) is 0.556. The van der Waals surface area contributed by atoms with Crippen molar-refractivity contribution in [1.29, 1.82) is 0 Å². The second kappa shape index (κ2) is 8.77. The molecule has 1 aromatic carbocycles. The van der Waals surface area contributed by atoms with Gasteiger partial charge >= 0.3 is 0 Å². The fourth-order valence-corrected chi connectivity index (χ4v) is 5.37. The van der Waals surface area contributed by atoms with Crippen LogP contribution < -0.4 is 0 Å². The van der Waals surface area contributed by atoms with E-state index >= 15 is 0 Å². The molecule has 1 aliphatic carbocycles. The number of piperidine rings is 1. The van der Waals surface area contributed by atoms with E-state index in [-0.39, 0.29) is 0 Å². The number of thioether (sulfide) groups is 1. The molecule has 1 nitrogen and oxygen atoms in total. The molecular formula is C23H35NS. The number of rotatable bonds is 4. The molecule has 1 saturated carbocycles. The fraction of sp³-hybridized carbons (Fsp3) is 0.652. The van der Waals surface area contributed by atoms with E-state index in [1.54, 1.807) is 5.57 Å². The number of allylic oxidation sites excluding steroid dienone is 1. The van der Waals surface area contributed by atoms with Crippen molar-refractivity contribution in [2.24, 2.45) is 5.92 Å². The maximum absolute atomic E-state index is 2.79. The van der Waals surface area contributed by atoms with E-state index < -0.39 is 0 Å². The highest BCUT2D eigenvalue weighted by Crippen LogP contribution is 2.33. The summed E-state index contributed by atoms with van der Waals surface area (Å²) in [6.45, 7) is 11.8. The van der Waals surface area contributed by atoms with Crippen LogP contribution in [0.15, 0.2) is 34.7 Å². The first kappa shape index (κ1) is 19.0. The van der Waals surface area contributed by atoms with Crippen molar-refractivity contribution >= 4 is 17.3 Å². The highest BCUT2D eigenvalue weighted by atomic mass is 32.2. The molecule has 1 saturated heterocycles. The van der Waals surface area contributed by atoms with Gasteiger partial charge in [-0.15, -0.1) is 11.8 Å². The summed E-state index contributed by atoms with van der Waals surface area (Å²) in [7, 11) is 0. The number of hydrogen-bond donors (Lipinski definition) is 0. The Morgan fingerprint density at radius 3 is 2.36 bits per heavy atom. The molecule has 2 aliphatic rings. The number of nitrogens with zero attached hydrogens (tertiary/aromatic N) is 1. The van der Waals surface area contributed by atoms with Gasteiger partial charge in [0, 0.05) is 29.3 Å². The molecule has 0 N–H and O–H groups in total. The van der Waals surface area contributed by atoms with Crippen LogP contribution >= 0.6 is 11.8 Å². The van der Waals surface area contributed by atoms with Crippen LogP contribution in [0.1, 0.15) is 71.8 Å². The Morgan fingerprint density at radius 2 is 1.76 bits per heavy atom. The third kappa shape index (κ3) is 5.14. The minimum absolute atomic E-state index is 0.650. The molecule has 1 heterocycles. The largest absolute Gasteiger partial charge is 0.300 e. The highest BCUT2D eigenvalue weighted by Gasteiger charge is 2.27. The first-order valence-electron chi connectivity index (χ1n) is 10.2. The lowest BCUT2D eigenvalue weighted by Crippen LogP contribution is -2.42. The predicted octanol–water partition coefficient (Wildman–Crippen LogP) is 6.64. The van der Waals surface area contributed by atoms with Gasteiger partial charge < -0.3 is 0 Å². The lowest BCUT2D eigenvalue weighted by Gasteiger charge is -2.39. The van der Waals surface area contributed by atoms with Crippen molar-refractivity contribution in [2.45, 2.75) is 82.4 Å². The molecule has 1 aromatic rings. The molecule has 2 fully saturated rings. The van der Waals surface area contributed by atoms with Gasteiger partial charge in [-0.3, -0.25) is 4.90 Å². The lowest BCUT2D eigenvalue weighted by atomic mass is 9.85. The first-order chi connectivity index (χ1) is 12.0. The minimum atomic E-state index is 0.650. The molecule has 2 heteroatoms. The molecule has 0 spiro atoms. The molecule has 0 unspecified atom stereocenters. The Balaban J connectivity index is 1.60. The van der Waals surface area contributed by atoms with Crippen molar-refractivity contribution in [3.8, 4) is 0 Å². The molecule has 0 aromatic heterocycles. The Morgan fingerprint density at radius 1 is 1.08 bits per heavy atom. The van der Waals surface area contributed by atoms with Crippen molar-refractivity contribution in [1.82, 2.24) is 4.90 Å². The molecular weight excluding hydrogens is 322 g/mol. The van der Waals surface area contributed by atoms with Gasteiger partial charge in [0.05, 0.1) is 0 Å². The standard InChI is InChI=1S/C23H35NS/c1-17(2)25-23-10-8-20(9-11-23)19(4)21-12-14-24(15-13-21)22-7-5-6-18(3)16-22/h8-11,17-18,22H,5-7,12-16H2,1-4H3/t18-,22-/m1/s1. The van der Waals surface area contributed by atoms with Crippen LogP contribution in [0.25, 0.3) is 5.57 Å². The van der Waals surface area contributed by atoms with Crippen LogP contribution in [0.3, 0.4) is 0 Å². The SMILES string of the molecule is CC(=C1CCN([C@@H]2CCC[C@@H](C)C2)CC1)c1ccc(SC(C)C)cc1. The average Bonchev–Trinajstić information content (AvgIpc) is 2.61. The third-order valence-corrected chi connectivity index (χ3v) is 7.03. The van der Waals surface area contributed by atoms with E-state index in [0.29, 0.717) is 5.25 Å². The Labute approximate surface area is 159 Å². The van der Waals surface area contributed by atoms with Crippen molar-refractivity contribution < 1.29 is 0 Å². The second-order valence-corrected chi connectivity index (χ2v) is 10.0. The Kier molecular flexibility index (Phi) is 6.68. The monoisotopic (exact) mass is 357 g/mol. The third-order valence-electron chi connectivity index (χ3n) is 6.02. The predicted molar refractivity (Wildman–Crippen MR) is 112 cm³/mol. The molecule has 2 atom stereocenters. The summed E-state index contributed by atoms with van der Waals surface area (Å²) in [6.07, 6.45) is 8.26. The topological polar surface area (TPSA) is 3.24 Å². The van der Waals surface area contributed by atoms with Crippen LogP contribution in [-0.2, 0) is 0 Å². The summed E-state index contributed by atoms with van der Waals surface area (Å²) < 4.78 is 0. The number of likely N-dealkylation sites (tertiary alicyclic amines) is 1. The van der Waals surface area contributed by atoms with Gasteiger partial charge in [0.25, 0.3) is 0 Å². The van der Waals surface area contributed by atoms with Crippen LogP contribution in [0, 0.1) is 5.92 Å². The summed E-state index contributed by atoms with van der Waals surface area (Å²) >= 11 is 1.95. The van der Waals surface area contributed by atoms with Gasteiger partial charge in [-0.05, 0) is 61.8 Å². The van der Waals surface area contributed by atoms with E-state index in [0.717, 1.165) is 12.0 Å². The highest BCUT2D eigenvalue weighted by molar-refractivity contribution is 7.99. The van der Waals surface area contributed by atoms with E-state index in [1.165, 1.54) is 67.6 Å². The summed E-state index contributed by atoms with van der Waals surface area (Å²) in [5.74, 6) is 0.930. The lowest BCUT2D eigenvalue weighted by molar-refractivity contribution is 0.126. The van der Waals surface area contributed by atoms with E-state index in [2.05, 4.69) is 56.9 Å². The van der Waals surface area contributed by atoms with E-state index in [9.17, 15) is 0 Å². The molecule has 138 valence electrons. The van der Waals surface area contributed by atoms with Crippen molar-refractivity contribution in [2.75, 3.05) is 13.1 Å². The number of benzene rings is 1. The maximum Gasteiger partial charge on any atom is 0.00980 e. The van der Waals surface area contributed by atoms with Crippen LogP contribution in [-0.4, -0.2) is 29.3 Å². The maximum atomic E-state index is 2.79. The first-order valence-corrected chi connectivity index (χ1v) is 11.1. The molecule has 0 radical (unpaired) electrons. The van der Waals surface area contributed by atoms with Crippen LogP contribution in [0.2, 0.25) is 0 Å². The van der Waals surface area contributed by atoms with Crippen molar-refractivity contribution in [3.63, 3.8) is 0 Å². The normalized spacial score (nSPS) is 25.4. The van der Waals surface area contributed by atoms with Gasteiger partial charge in [-0.1, -0.05) is 51.3 Å². The summed E-state index contributed by atoms with van der Waals surface area (Å²) in [4.78, 5) is 4.17. The van der Waals surface area contributed by atoms with Gasteiger partial charge in [0.1, 0.15) is 0 Å². The zero-order valence-electron chi connectivity index (χ0n) is 16.6. The van der Waals surface area contributed by atoms with Crippen LogP contribution in [0.5, 0.6) is 0 Å². The van der Waals surface area contributed by atoms with Gasteiger partial charge in [-0.25, -0.2) is 0 Å². The summed E-state index contributed by atoms with van der Waals surface area (Å²) in [5, 5.41) is 0.650. The van der Waals surface area contributed by atoms with Gasteiger partial charge in [0.2, 0.25) is 0 Å². The molecule has 3 rings (SSSR count). The van der Waals surface area contributed by atoms with Crippen LogP contribution in [0.4, 0.5) is 0 Å². The molecule has 1 aliphatic heterocycles. The molecule has 0 amide bonds. The summed E-state index contributed by atoms with van der Waals surface area (Å²) in [5.41, 5.74) is 4.63. The smallest absolute Gasteiger partial charge is 0.00980 e. The minimum Gasteiger partial charge on any atom is -0.300 e. The van der Waals surface area contributed by atoms with Gasteiger partial charge in [-0.2, -0.15) is 0 Å². The average molecular weight is 358 g/mol. The number of hydrogen-bond acceptors (Lipinski definition) is 2. The zero-order chi connectivity index (χ0) is 17.8. The fourth-order valence-electron chi connectivity index (χ4n) is 4.53.